The minimum absolute atomic E-state index is 0.139. The van der Waals surface area contributed by atoms with Gasteiger partial charge in [0.1, 0.15) is 11.7 Å². The molecule has 2 heterocycles. The van der Waals surface area contributed by atoms with Crippen molar-refractivity contribution < 1.29 is 14.3 Å². The third-order valence-electron chi connectivity index (χ3n) is 3.64. The maximum Gasteiger partial charge on any atom is 0.342 e. The summed E-state index contributed by atoms with van der Waals surface area (Å²) in [6.07, 6.45) is -0.139. The van der Waals surface area contributed by atoms with Crippen LogP contribution in [-0.2, 0) is 16.5 Å². The van der Waals surface area contributed by atoms with Gasteiger partial charge in [-0.3, -0.25) is 9.58 Å². The molecule has 1 aromatic rings. The van der Waals surface area contributed by atoms with Gasteiger partial charge in [-0.25, -0.2) is 4.79 Å². The van der Waals surface area contributed by atoms with Gasteiger partial charge in [0, 0.05) is 32.4 Å². The largest absolute Gasteiger partial charge is 0.458 e. The first kappa shape index (κ1) is 15.0. The lowest BCUT2D eigenvalue weighted by atomic mass is 10.2. The van der Waals surface area contributed by atoms with Crippen LogP contribution in [0, 0.1) is 13.8 Å². The molecule has 1 aliphatic rings. The second-order valence-electron chi connectivity index (χ2n) is 5.30. The molecule has 0 radical (unpaired) electrons. The molecule has 6 heteroatoms. The molecule has 0 bridgehead atoms. The second kappa shape index (κ2) is 6.37. The minimum atomic E-state index is -0.283. The number of ether oxygens (including phenoxy) is 2. The number of esters is 1. The van der Waals surface area contributed by atoms with Gasteiger partial charge in [-0.1, -0.05) is 0 Å². The number of morpholine rings is 1. The molecule has 1 atom stereocenters. The lowest BCUT2D eigenvalue weighted by Crippen LogP contribution is -2.41. The quantitative estimate of drug-likeness (QED) is 0.768. The first-order valence-electron chi connectivity index (χ1n) is 7.00. The molecule has 20 heavy (non-hydrogen) atoms. The van der Waals surface area contributed by atoms with E-state index in [1.54, 1.807) is 4.68 Å². The highest BCUT2D eigenvalue weighted by Crippen LogP contribution is 2.14. The monoisotopic (exact) mass is 281 g/mol. The Balaban J connectivity index is 1.93. The Morgan fingerprint density at radius 2 is 2.05 bits per heavy atom. The van der Waals surface area contributed by atoms with Crippen LogP contribution in [0.1, 0.15) is 28.7 Å². The predicted octanol–water partition coefficient (Wildman–Crippen LogP) is 0.914. The number of carbonyl (C=O) groups is 1. The average molecular weight is 281 g/mol. The summed E-state index contributed by atoms with van der Waals surface area (Å²) in [5.74, 6) is -0.283. The fourth-order valence-corrected chi connectivity index (χ4v) is 2.50. The SMILES string of the molecule is Cc1nn(C)c(C)c1C(=O)O[C@H](C)CN1CCOCC1. The van der Waals surface area contributed by atoms with Gasteiger partial charge in [-0.2, -0.15) is 5.10 Å². The third-order valence-corrected chi connectivity index (χ3v) is 3.64. The number of rotatable bonds is 4. The molecule has 1 aromatic heterocycles. The highest BCUT2D eigenvalue weighted by Gasteiger charge is 2.22. The van der Waals surface area contributed by atoms with E-state index in [4.69, 9.17) is 9.47 Å². The van der Waals surface area contributed by atoms with Crippen molar-refractivity contribution in [2.24, 2.45) is 7.05 Å². The van der Waals surface area contributed by atoms with Crippen LogP contribution >= 0.6 is 0 Å². The summed E-state index contributed by atoms with van der Waals surface area (Å²) in [7, 11) is 1.83. The maximum atomic E-state index is 12.2. The van der Waals surface area contributed by atoms with E-state index in [-0.39, 0.29) is 12.1 Å². The molecule has 1 fully saturated rings. The zero-order valence-electron chi connectivity index (χ0n) is 12.7. The van der Waals surface area contributed by atoms with Gasteiger partial charge in [0.25, 0.3) is 0 Å². The lowest BCUT2D eigenvalue weighted by Gasteiger charge is -2.28. The molecule has 1 saturated heterocycles. The molecule has 0 spiro atoms. The molecule has 0 saturated carbocycles. The summed E-state index contributed by atoms with van der Waals surface area (Å²) >= 11 is 0. The van der Waals surface area contributed by atoms with Crippen molar-refractivity contribution in [3.05, 3.63) is 17.0 Å². The molecular formula is C14H23N3O3. The predicted molar refractivity (Wildman–Crippen MR) is 74.8 cm³/mol. The average Bonchev–Trinajstić information content (AvgIpc) is 2.64. The molecule has 0 aliphatic carbocycles. The van der Waals surface area contributed by atoms with Crippen molar-refractivity contribution in [1.29, 1.82) is 0 Å². The highest BCUT2D eigenvalue weighted by molar-refractivity contribution is 5.91. The van der Waals surface area contributed by atoms with E-state index in [1.165, 1.54) is 0 Å². The van der Waals surface area contributed by atoms with E-state index < -0.39 is 0 Å². The van der Waals surface area contributed by atoms with E-state index in [2.05, 4.69) is 10.00 Å². The summed E-state index contributed by atoms with van der Waals surface area (Å²) in [6.45, 7) is 9.67. The van der Waals surface area contributed by atoms with Gasteiger partial charge in [0.15, 0.2) is 0 Å². The van der Waals surface area contributed by atoms with Crippen LogP contribution in [0.25, 0.3) is 0 Å². The van der Waals surface area contributed by atoms with Gasteiger partial charge >= 0.3 is 5.97 Å². The Kier molecular flexibility index (Phi) is 4.77. The topological polar surface area (TPSA) is 56.6 Å². The van der Waals surface area contributed by atoms with Gasteiger partial charge in [-0.15, -0.1) is 0 Å². The summed E-state index contributed by atoms with van der Waals surface area (Å²) in [5.41, 5.74) is 2.14. The van der Waals surface area contributed by atoms with Crippen molar-refractivity contribution in [3.63, 3.8) is 0 Å². The Bertz CT molecular complexity index is 478. The first-order chi connectivity index (χ1) is 9.49. The molecule has 2 rings (SSSR count). The maximum absolute atomic E-state index is 12.2. The van der Waals surface area contributed by atoms with E-state index in [0.717, 1.165) is 38.5 Å². The van der Waals surface area contributed by atoms with Gasteiger partial charge in [0.2, 0.25) is 0 Å². The number of aryl methyl sites for hydroxylation is 2. The van der Waals surface area contributed by atoms with Crippen LogP contribution < -0.4 is 0 Å². The van der Waals surface area contributed by atoms with Gasteiger partial charge < -0.3 is 9.47 Å². The second-order valence-corrected chi connectivity index (χ2v) is 5.30. The summed E-state index contributed by atoms with van der Waals surface area (Å²) in [5, 5.41) is 4.24. The van der Waals surface area contributed by atoms with Crippen molar-refractivity contribution in [1.82, 2.24) is 14.7 Å². The lowest BCUT2D eigenvalue weighted by molar-refractivity contribution is 0.000367. The molecule has 0 N–H and O–H groups in total. The smallest absolute Gasteiger partial charge is 0.342 e. The van der Waals surface area contributed by atoms with Crippen LogP contribution in [0.3, 0.4) is 0 Å². The number of nitrogens with zero attached hydrogens (tertiary/aromatic N) is 3. The molecule has 112 valence electrons. The number of aromatic nitrogens is 2. The molecular weight excluding hydrogens is 258 g/mol. The van der Waals surface area contributed by atoms with E-state index >= 15 is 0 Å². The van der Waals surface area contributed by atoms with Crippen LogP contribution in [0.2, 0.25) is 0 Å². The summed E-state index contributed by atoms with van der Waals surface area (Å²) in [6, 6.07) is 0. The fourth-order valence-electron chi connectivity index (χ4n) is 2.50. The summed E-state index contributed by atoms with van der Waals surface area (Å²) in [4.78, 5) is 14.5. The number of hydrogen-bond donors (Lipinski definition) is 0. The summed E-state index contributed by atoms with van der Waals surface area (Å²) < 4.78 is 12.6. The Hall–Kier alpha value is -1.40. The van der Waals surface area contributed by atoms with Crippen molar-refractivity contribution >= 4 is 5.97 Å². The van der Waals surface area contributed by atoms with Crippen LogP contribution in [0.4, 0.5) is 0 Å². The third kappa shape index (κ3) is 3.37. The highest BCUT2D eigenvalue weighted by atomic mass is 16.5. The molecule has 0 aromatic carbocycles. The Morgan fingerprint density at radius 3 is 2.60 bits per heavy atom. The van der Waals surface area contributed by atoms with Crippen molar-refractivity contribution in [2.75, 3.05) is 32.8 Å². The molecule has 1 aliphatic heterocycles. The first-order valence-corrected chi connectivity index (χ1v) is 7.00. The van der Waals surface area contributed by atoms with E-state index in [0.29, 0.717) is 11.3 Å². The van der Waals surface area contributed by atoms with Crippen molar-refractivity contribution in [2.45, 2.75) is 26.9 Å². The fraction of sp³-hybridized carbons (Fsp3) is 0.714. The van der Waals surface area contributed by atoms with Crippen LogP contribution in [0.5, 0.6) is 0 Å². The number of hydrogen-bond acceptors (Lipinski definition) is 5. The van der Waals surface area contributed by atoms with E-state index in [1.807, 2.05) is 27.8 Å². The zero-order chi connectivity index (χ0) is 14.7. The molecule has 0 unspecified atom stereocenters. The van der Waals surface area contributed by atoms with Crippen molar-refractivity contribution in [3.8, 4) is 0 Å². The normalized spacial score (nSPS) is 18.0. The van der Waals surface area contributed by atoms with Crippen LogP contribution in [-0.4, -0.2) is 59.6 Å². The van der Waals surface area contributed by atoms with Gasteiger partial charge in [-0.05, 0) is 20.8 Å². The van der Waals surface area contributed by atoms with Crippen LogP contribution in [0.15, 0.2) is 0 Å². The minimum Gasteiger partial charge on any atom is -0.458 e. The van der Waals surface area contributed by atoms with E-state index in [9.17, 15) is 4.79 Å². The molecule has 6 nitrogen and oxygen atoms in total. The Morgan fingerprint density at radius 1 is 1.40 bits per heavy atom. The standard InChI is InChI=1S/C14H23N3O3/c1-10(9-17-5-7-19-8-6-17)20-14(18)13-11(2)15-16(4)12(13)3/h10H,5-9H2,1-4H3/t10-/m1/s1. The van der Waals surface area contributed by atoms with Gasteiger partial charge in [0.05, 0.1) is 18.9 Å². The number of carbonyl (C=O) groups excluding carboxylic acids is 1. The Labute approximate surface area is 119 Å². The molecule has 0 amide bonds. The zero-order valence-corrected chi connectivity index (χ0v) is 12.7.